The van der Waals surface area contributed by atoms with E-state index in [1.54, 1.807) is 0 Å². The van der Waals surface area contributed by atoms with Crippen LogP contribution in [0, 0.1) is 0 Å². The number of hydrogen-bond acceptors (Lipinski definition) is 2. The minimum Gasteiger partial charge on any atom is -0.252 e. The Morgan fingerprint density at radius 3 is 1.19 bits per heavy atom. The third-order valence-corrected chi connectivity index (χ3v) is 7.10. The van der Waals surface area contributed by atoms with Gasteiger partial charge in [0.1, 0.15) is 0 Å². The quantitative estimate of drug-likeness (QED) is 0.107. The van der Waals surface area contributed by atoms with Crippen molar-refractivity contribution >= 4 is 22.8 Å². The molecule has 0 saturated heterocycles. The fourth-order valence-electron chi connectivity index (χ4n) is 4.69. The average Bonchev–Trinajstić information content (AvgIpc) is 2.91. The van der Waals surface area contributed by atoms with Crippen molar-refractivity contribution in [1.82, 2.24) is 0 Å². The zero-order chi connectivity index (χ0) is 26.2. The van der Waals surface area contributed by atoms with Crippen molar-refractivity contribution < 1.29 is 16.5 Å². The Morgan fingerprint density at radius 1 is 0.459 bits per heavy atom. The standard InChI is InChI=1S/C34H52N2.Ni/c1-7-13-15-16-17-18-20-34(36-32-25-29(11-5)22-30(12-6)26-32)33(19-14-8-2)35-31-23-27(9-3)21-28(10-4)24-31;/h21-26H,7-20H2,1-6H3;. The first kappa shape index (κ1) is 33.3. The molecule has 37 heavy (non-hydrogen) atoms. The SMILES string of the molecule is CCCCCCCCC(=Nc1cc(CC)cc(CC)c1)C(CCCC)=Nc1cc(CC)cc(CC)c1.[Ni]. The smallest absolute Gasteiger partial charge is 0.0639 e. The van der Waals surface area contributed by atoms with E-state index >= 15 is 0 Å². The Balaban J connectivity index is 0.00000684. The molecule has 0 N–H and O–H groups in total. The molecule has 0 amide bonds. The summed E-state index contributed by atoms with van der Waals surface area (Å²) in [5.41, 5.74) is 10.1. The summed E-state index contributed by atoms with van der Waals surface area (Å²) in [7, 11) is 0. The molecule has 0 aromatic heterocycles. The summed E-state index contributed by atoms with van der Waals surface area (Å²) in [4.78, 5) is 10.6. The molecule has 2 aromatic carbocycles. The van der Waals surface area contributed by atoms with Gasteiger partial charge in [-0.1, -0.05) is 92.2 Å². The second-order valence-corrected chi connectivity index (χ2v) is 10.2. The van der Waals surface area contributed by atoms with Gasteiger partial charge in [0.2, 0.25) is 0 Å². The molecule has 208 valence electrons. The third kappa shape index (κ3) is 12.1. The summed E-state index contributed by atoms with van der Waals surface area (Å²) >= 11 is 0. The van der Waals surface area contributed by atoms with Crippen molar-refractivity contribution in [3.63, 3.8) is 0 Å². The van der Waals surface area contributed by atoms with Crippen LogP contribution in [0.2, 0.25) is 0 Å². The summed E-state index contributed by atoms with van der Waals surface area (Å²) in [6.45, 7) is 13.5. The molecule has 0 aliphatic carbocycles. The molecule has 0 radical (unpaired) electrons. The fourth-order valence-corrected chi connectivity index (χ4v) is 4.69. The number of aliphatic imine (C=N–C) groups is 2. The van der Waals surface area contributed by atoms with E-state index in [2.05, 4.69) is 77.9 Å². The van der Waals surface area contributed by atoms with Crippen LogP contribution in [-0.4, -0.2) is 11.4 Å². The largest absolute Gasteiger partial charge is 0.252 e. The maximum atomic E-state index is 5.33. The molecule has 0 fully saturated rings. The van der Waals surface area contributed by atoms with E-state index in [1.807, 2.05) is 0 Å². The van der Waals surface area contributed by atoms with Crippen molar-refractivity contribution in [2.75, 3.05) is 0 Å². The summed E-state index contributed by atoms with van der Waals surface area (Å²) in [5, 5.41) is 0. The number of unbranched alkanes of at least 4 members (excludes halogenated alkanes) is 6. The van der Waals surface area contributed by atoms with Crippen LogP contribution >= 0.6 is 0 Å². The molecule has 0 aliphatic rings. The zero-order valence-electron chi connectivity index (χ0n) is 24.6. The van der Waals surface area contributed by atoms with E-state index in [-0.39, 0.29) is 16.5 Å². The van der Waals surface area contributed by atoms with Crippen LogP contribution in [-0.2, 0) is 42.2 Å². The Hall–Kier alpha value is -1.73. The van der Waals surface area contributed by atoms with E-state index < -0.39 is 0 Å². The second kappa shape index (κ2) is 19.4. The molecule has 0 spiro atoms. The molecule has 0 bridgehead atoms. The van der Waals surface area contributed by atoms with Crippen LogP contribution < -0.4 is 0 Å². The number of aryl methyl sites for hydroxylation is 4. The van der Waals surface area contributed by atoms with Crippen molar-refractivity contribution in [1.29, 1.82) is 0 Å². The second-order valence-electron chi connectivity index (χ2n) is 10.2. The topological polar surface area (TPSA) is 24.7 Å². The Kier molecular flexibility index (Phi) is 17.4. The normalized spacial score (nSPS) is 12.1. The number of rotatable bonds is 17. The monoisotopic (exact) mass is 546 g/mol. The molecule has 2 nitrogen and oxygen atoms in total. The van der Waals surface area contributed by atoms with E-state index in [1.165, 1.54) is 78.6 Å². The van der Waals surface area contributed by atoms with E-state index in [0.29, 0.717) is 0 Å². The average molecular weight is 547 g/mol. The van der Waals surface area contributed by atoms with Crippen LogP contribution in [0.4, 0.5) is 11.4 Å². The summed E-state index contributed by atoms with van der Waals surface area (Å²) in [5.74, 6) is 0. The Morgan fingerprint density at radius 2 is 0.811 bits per heavy atom. The van der Waals surface area contributed by atoms with Crippen molar-refractivity contribution in [3.8, 4) is 0 Å². The molecule has 3 heteroatoms. The van der Waals surface area contributed by atoms with Crippen molar-refractivity contribution in [3.05, 3.63) is 58.7 Å². The molecule has 0 saturated carbocycles. The summed E-state index contributed by atoms with van der Waals surface area (Å²) in [6, 6.07) is 13.8. The van der Waals surface area contributed by atoms with Gasteiger partial charge < -0.3 is 0 Å². The van der Waals surface area contributed by atoms with Crippen LogP contribution in [0.5, 0.6) is 0 Å². The predicted octanol–water partition coefficient (Wildman–Crippen LogP) is 10.7. The van der Waals surface area contributed by atoms with Gasteiger partial charge in [0, 0.05) is 16.5 Å². The molecule has 0 heterocycles. The van der Waals surface area contributed by atoms with Crippen LogP contribution in [0.25, 0.3) is 0 Å². The van der Waals surface area contributed by atoms with Gasteiger partial charge in [-0.15, -0.1) is 0 Å². The van der Waals surface area contributed by atoms with E-state index in [0.717, 1.165) is 56.3 Å². The van der Waals surface area contributed by atoms with Gasteiger partial charge in [0.25, 0.3) is 0 Å². The van der Waals surface area contributed by atoms with Crippen molar-refractivity contribution in [2.45, 2.75) is 131 Å². The molecule has 0 unspecified atom stereocenters. The molecule has 0 aliphatic heterocycles. The number of hydrogen-bond donors (Lipinski definition) is 0. The first-order valence-electron chi connectivity index (χ1n) is 15.0. The minimum absolute atomic E-state index is 0. The van der Waals surface area contributed by atoms with Gasteiger partial charge in [-0.25, -0.2) is 0 Å². The van der Waals surface area contributed by atoms with Crippen LogP contribution in [0.1, 0.15) is 128 Å². The Labute approximate surface area is 238 Å². The molecular formula is C34H52N2Ni. The minimum atomic E-state index is 0. The van der Waals surface area contributed by atoms with Gasteiger partial charge in [-0.2, -0.15) is 0 Å². The predicted molar refractivity (Wildman–Crippen MR) is 162 cm³/mol. The van der Waals surface area contributed by atoms with Gasteiger partial charge in [-0.3, -0.25) is 9.98 Å². The number of nitrogens with zero attached hydrogens (tertiary/aromatic N) is 2. The fraction of sp³-hybridized carbons (Fsp3) is 0.588. The first-order valence-corrected chi connectivity index (χ1v) is 15.0. The van der Waals surface area contributed by atoms with Gasteiger partial charge in [0.15, 0.2) is 0 Å². The molecule has 2 rings (SSSR count). The number of benzene rings is 2. The summed E-state index contributed by atoms with van der Waals surface area (Å²) in [6.07, 6.45) is 16.3. The molecule has 2 aromatic rings. The van der Waals surface area contributed by atoms with E-state index in [9.17, 15) is 0 Å². The van der Waals surface area contributed by atoms with Crippen LogP contribution in [0.3, 0.4) is 0 Å². The Bertz CT molecular complexity index is 929. The van der Waals surface area contributed by atoms with Gasteiger partial charge in [-0.05, 0) is 97.9 Å². The zero-order valence-corrected chi connectivity index (χ0v) is 25.6. The third-order valence-electron chi connectivity index (χ3n) is 7.10. The summed E-state index contributed by atoms with van der Waals surface area (Å²) < 4.78 is 0. The maximum absolute atomic E-state index is 5.33. The molecular weight excluding hydrogens is 495 g/mol. The van der Waals surface area contributed by atoms with Crippen molar-refractivity contribution in [2.24, 2.45) is 9.98 Å². The maximum Gasteiger partial charge on any atom is 0.0639 e. The molecule has 0 atom stereocenters. The van der Waals surface area contributed by atoms with Gasteiger partial charge >= 0.3 is 0 Å². The first-order chi connectivity index (χ1) is 17.6. The van der Waals surface area contributed by atoms with Crippen LogP contribution in [0.15, 0.2) is 46.4 Å². The van der Waals surface area contributed by atoms with E-state index in [4.69, 9.17) is 9.98 Å². The van der Waals surface area contributed by atoms with Gasteiger partial charge in [0.05, 0.1) is 22.8 Å².